The molecule has 2 amide bonds. The SMILES string of the molecule is Cc1cccc(CCNC(=O)N(C)Cc2ccccc2Cl)c1. The van der Waals surface area contributed by atoms with Crippen molar-refractivity contribution in [3.05, 3.63) is 70.2 Å². The zero-order valence-electron chi connectivity index (χ0n) is 13.0. The molecule has 0 saturated carbocycles. The van der Waals surface area contributed by atoms with Crippen molar-refractivity contribution in [2.24, 2.45) is 0 Å². The van der Waals surface area contributed by atoms with Gasteiger partial charge in [0, 0.05) is 25.2 Å². The summed E-state index contributed by atoms with van der Waals surface area (Å²) in [4.78, 5) is 13.7. The van der Waals surface area contributed by atoms with Gasteiger partial charge in [-0.3, -0.25) is 0 Å². The standard InChI is InChI=1S/C18H21ClN2O/c1-14-6-5-7-15(12-14)10-11-20-18(22)21(2)13-16-8-3-4-9-17(16)19/h3-9,12H,10-11,13H2,1-2H3,(H,20,22). The van der Waals surface area contributed by atoms with Gasteiger partial charge in [0.2, 0.25) is 0 Å². The molecule has 3 nitrogen and oxygen atoms in total. The van der Waals surface area contributed by atoms with E-state index in [9.17, 15) is 4.79 Å². The van der Waals surface area contributed by atoms with Gasteiger partial charge in [0.05, 0.1) is 0 Å². The number of carbonyl (C=O) groups excluding carboxylic acids is 1. The Morgan fingerprint density at radius 2 is 1.95 bits per heavy atom. The van der Waals surface area contributed by atoms with Crippen LogP contribution in [-0.4, -0.2) is 24.5 Å². The fourth-order valence-corrected chi connectivity index (χ4v) is 2.47. The lowest BCUT2D eigenvalue weighted by Gasteiger charge is -2.18. The highest BCUT2D eigenvalue weighted by Crippen LogP contribution is 2.16. The zero-order chi connectivity index (χ0) is 15.9. The first-order valence-corrected chi connectivity index (χ1v) is 7.72. The first-order valence-electron chi connectivity index (χ1n) is 7.34. The van der Waals surface area contributed by atoms with Gasteiger partial charge in [0.15, 0.2) is 0 Å². The van der Waals surface area contributed by atoms with E-state index in [1.54, 1.807) is 11.9 Å². The summed E-state index contributed by atoms with van der Waals surface area (Å²) in [7, 11) is 1.77. The van der Waals surface area contributed by atoms with Gasteiger partial charge in [-0.2, -0.15) is 0 Å². The molecule has 0 heterocycles. The molecule has 0 aliphatic carbocycles. The molecule has 116 valence electrons. The van der Waals surface area contributed by atoms with Crippen molar-refractivity contribution in [1.82, 2.24) is 10.2 Å². The minimum absolute atomic E-state index is 0.0902. The second kappa shape index (κ2) is 7.85. The molecule has 0 aliphatic rings. The fraction of sp³-hybridized carbons (Fsp3) is 0.278. The third-order valence-electron chi connectivity index (χ3n) is 3.48. The van der Waals surface area contributed by atoms with Crippen molar-refractivity contribution in [3.8, 4) is 0 Å². The summed E-state index contributed by atoms with van der Waals surface area (Å²) in [5.74, 6) is 0. The molecule has 2 aromatic carbocycles. The molecule has 1 N–H and O–H groups in total. The molecule has 0 aromatic heterocycles. The van der Waals surface area contributed by atoms with Crippen LogP contribution in [0.25, 0.3) is 0 Å². The van der Waals surface area contributed by atoms with E-state index in [1.807, 2.05) is 30.3 Å². The Balaban J connectivity index is 1.80. The summed E-state index contributed by atoms with van der Waals surface area (Å²) >= 11 is 6.11. The van der Waals surface area contributed by atoms with Gasteiger partial charge in [-0.05, 0) is 30.5 Å². The average Bonchev–Trinajstić information content (AvgIpc) is 2.49. The summed E-state index contributed by atoms with van der Waals surface area (Å²) in [6, 6.07) is 15.8. The maximum absolute atomic E-state index is 12.1. The van der Waals surface area contributed by atoms with Gasteiger partial charge >= 0.3 is 6.03 Å². The van der Waals surface area contributed by atoms with Crippen LogP contribution in [0.1, 0.15) is 16.7 Å². The van der Waals surface area contributed by atoms with E-state index in [1.165, 1.54) is 11.1 Å². The van der Waals surface area contributed by atoms with Crippen LogP contribution >= 0.6 is 11.6 Å². The van der Waals surface area contributed by atoms with Crippen LogP contribution in [-0.2, 0) is 13.0 Å². The maximum atomic E-state index is 12.1. The monoisotopic (exact) mass is 316 g/mol. The van der Waals surface area contributed by atoms with E-state index in [2.05, 4.69) is 30.4 Å². The lowest BCUT2D eigenvalue weighted by Crippen LogP contribution is -2.37. The normalized spacial score (nSPS) is 10.3. The van der Waals surface area contributed by atoms with Crippen LogP contribution in [0.3, 0.4) is 0 Å². The molecule has 4 heteroatoms. The number of carbonyl (C=O) groups is 1. The van der Waals surface area contributed by atoms with E-state index in [-0.39, 0.29) is 6.03 Å². The van der Waals surface area contributed by atoms with E-state index in [0.717, 1.165) is 12.0 Å². The summed E-state index contributed by atoms with van der Waals surface area (Å²) in [5, 5.41) is 3.62. The average molecular weight is 317 g/mol. The number of benzene rings is 2. The number of amides is 2. The molecule has 0 unspecified atom stereocenters. The van der Waals surface area contributed by atoms with Crippen molar-refractivity contribution in [2.45, 2.75) is 19.9 Å². The van der Waals surface area contributed by atoms with Crippen molar-refractivity contribution in [1.29, 1.82) is 0 Å². The van der Waals surface area contributed by atoms with Crippen LogP contribution in [0.15, 0.2) is 48.5 Å². The van der Waals surface area contributed by atoms with Gasteiger partial charge in [0.1, 0.15) is 0 Å². The highest BCUT2D eigenvalue weighted by molar-refractivity contribution is 6.31. The third-order valence-corrected chi connectivity index (χ3v) is 3.85. The predicted octanol–water partition coefficient (Wildman–Crippen LogP) is 4.03. The highest BCUT2D eigenvalue weighted by Gasteiger charge is 2.10. The van der Waals surface area contributed by atoms with Gasteiger partial charge in [-0.1, -0.05) is 59.6 Å². The Hall–Kier alpha value is -2.00. The lowest BCUT2D eigenvalue weighted by atomic mass is 10.1. The fourth-order valence-electron chi connectivity index (χ4n) is 2.27. The first-order chi connectivity index (χ1) is 10.6. The van der Waals surface area contributed by atoms with Crippen LogP contribution in [0.4, 0.5) is 4.79 Å². The molecule has 2 rings (SSSR count). The number of nitrogens with one attached hydrogen (secondary N) is 1. The third kappa shape index (κ3) is 4.78. The summed E-state index contributed by atoms with van der Waals surface area (Å²) in [5.41, 5.74) is 3.41. The number of urea groups is 1. The van der Waals surface area contributed by atoms with Crippen LogP contribution in [0, 0.1) is 6.92 Å². The predicted molar refractivity (Wildman–Crippen MR) is 91.2 cm³/mol. The van der Waals surface area contributed by atoms with Gasteiger partial charge in [0.25, 0.3) is 0 Å². The molecule has 0 atom stereocenters. The zero-order valence-corrected chi connectivity index (χ0v) is 13.7. The first kappa shape index (κ1) is 16.4. The van der Waals surface area contributed by atoms with E-state index < -0.39 is 0 Å². The van der Waals surface area contributed by atoms with Gasteiger partial charge in [-0.25, -0.2) is 4.79 Å². The minimum Gasteiger partial charge on any atom is -0.338 e. The topological polar surface area (TPSA) is 32.3 Å². The van der Waals surface area contributed by atoms with E-state index in [0.29, 0.717) is 18.1 Å². The molecule has 22 heavy (non-hydrogen) atoms. The number of halogens is 1. The Labute approximate surface area is 136 Å². The quantitative estimate of drug-likeness (QED) is 0.887. The summed E-state index contributed by atoms with van der Waals surface area (Å²) in [6.45, 7) is 3.19. The van der Waals surface area contributed by atoms with Crippen molar-refractivity contribution >= 4 is 17.6 Å². The Morgan fingerprint density at radius 1 is 1.18 bits per heavy atom. The highest BCUT2D eigenvalue weighted by atomic mass is 35.5. The second-order valence-electron chi connectivity index (χ2n) is 5.42. The molecule has 0 spiro atoms. The maximum Gasteiger partial charge on any atom is 0.317 e. The number of nitrogens with zero attached hydrogens (tertiary/aromatic N) is 1. The van der Waals surface area contributed by atoms with Crippen LogP contribution < -0.4 is 5.32 Å². The van der Waals surface area contributed by atoms with Crippen molar-refractivity contribution in [2.75, 3.05) is 13.6 Å². The minimum atomic E-state index is -0.0902. The van der Waals surface area contributed by atoms with E-state index >= 15 is 0 Å². The smallest absolute Gasteiger partial charge is 0.317 e. The molecule has 0 aliphatic heterocycles. The largest absolute Gasteiger partial charge is 0.338 e. The molecule has 0 radical (unpaired) electrons. The number of aryl methyl sites for hydroxylation is 1. The summed E-state index contributed by atoms with van der Waals surface area (Å²) in [6.07, 6.45) is 0.827. The Bertz CT molecular complexity index is 642. The van der Waals surface area contributed by atoms with Crippen molar-refractivity contribution < 1.29 is 4.79 Å². The Kier molecular flexibility index (Phi) is 5.84. The van der Waals surface area contributed by atoms with Gasteiger partial charge in [-0.15, -0.1) is 0 Å². The molecule has 0 saturated heterocycles. The number of hydrogen-bond donors (Lipinski definition) is 1. The van der Waals surface area contributed by atoms with Crippen LogP contribution in [0.2, 0.25) is 5.02 Å². The molecule has 0 fully saturated rings. The van der Waals surface area contributed by atoms with Crippen LogP contribution in [0.5, 0.6) is 0 Å². The summed E-state index contributed by atoms with van der Waals surface area (Å²) < 4.78 is 0. The van der Waals surface area contributed by atoms with Crippen molar-refractivity contribution in [3.63, 3.8) is 0 Å². The lowest BCUT2D eigenvalue weighted by molar-refractivity contribution is 0.207. The van der Waals surface area contributed by atoms with E-state index in [4.69, 9.17) is 11.6 Å². The molecule has 0 bridgehead atoms. The van der Waals surface area contributed by atoms with Gasteiger partial charge < -0.3 is 10.2 Å². The second-order valence-corrected chi connectivity index (χ2v) is 5.83. The number of rotatable bonds is 5. The molecular weight excluding hydrogens is 296 g/mol. The number of hydrogen-bond acceptors (Lipinski definition) is 1. The molecular formula is C18H21ClN2O. The molecule has 2 aromatic rings. The Morgan fingerprint density at radius 3 is 2.68 bits per heavy atom.